The zero-order valence-electron chi connectivity index (χ0n) is 8.63. The summed E-state index contributed by atoms with van der Waals surface area (Å²) in [5.41, 5.74) is 0.192. The van der Waals surface area contributed by atoms with Gasteiger partial charge in [-0.05, 0) is 22.0 Å². The normalized spacial score (nSPS) is 19.8. The van der Waals surface area contributed by atoms with Crippen LogP contribution in [0.3, 0.4) is 0 Å². The molecular formula is C10H9BrN2O3S. The van der Waals surface area contributed by atoms with Crippen LogP contribution in [0.25, 0.3) is 0 Å². The number of halogens is 1. The van der Waals surface area contributed by atoms with Crippen LogP contribution in [0.5, 0.6) is 0 Å². The Morgan fingerprint density at radius 1 is 1.65 bits per heavy atom. The van der Waals surface area contributed by atoms with Crippen LogP contribution in [-0.2, 0) is 4.79 Å². The quantitative estimate of drug-likeness (QED) is 0.813. The second-order valence-electron chi connectivity index (χ2n) is 3.69. The van der Waals surface area contributed by atoms with E-state index in [0.29, 0.717) is 23.1 Å². The molecule has 0 radical (unpaired) electrons. The number of thiol groups is 1. The van der Waals surface area contributed by atoms with Crippen molar-refractivity contribution in [2.24, 2.45) is 0 Å². The number of anilines is 1. The predicted molar refractivity (Wildman–Crippen MR) is 68.6 cm³/mol. The van der Waals surface area contributed by atoms with Crippen molar-refractivity contribution in [1.82, 2.24) is 4.98 Å². The maximum atomic E-state index is 11.7. The lowest BCUT2D eigenvalue weighted by Gasteiger charge is -2.17. The third-order valence-corrected chi connectivity index (χ3v) is 3.21. The maximum Gasteiger partial charge on any atom is 0.356 e. The molecule has 1 amide bonds. The van der Waals surface area contributed by atoms with Crippen molar-refractivity contribution in [1.29, 1.82) is 0 Å². The minimum absolute atomic E-state index is 0.0665. The second kappa shape index (κ2) is 4.66. The molecule has 7 heteroatoms. The lowest BCUT2D eigenvalue weighted by molar-refractivity contribution is -0.117. The van der Waals surface area contributed by atoms with E-state index in [1.165, 1.54) is 11.1 Å². The zero-order valence-corrected chi connectivity index (χ0v) is 11.1. The number of hydrogen-bond acceptors (Lipinski definition) is 4. The van der Waals surface area contributed by atoms with Crippen LogP contribution < -0.4 is 4.90 Å². The number of carbonyl (C=O) groups excluding carboxylic acids is 1. The topological polar surface area (TPSA) is 70.5 Å². The van der Waals surface area contributed by atoms with Gasteiger partial charge in [-0.15, -0.1) is 0 Å². The first kappa shape index (κ1) is 12.4. The Labute approximate surface area is 111 Å². The SMILES string of the molecule is O=C(O)c1ncc(Br)cc1N1CC(S)CC1=O. The highest BCUT2D eigenvalue weighted by Gasteiger charge is 2.31. The lowest BCUT2D eigenvalue weighted by atomic mass is 10.2. The number of carboxylic acid groups (broad SMARTS) is 1. The summed E-state index contributed by atoms with van der Waals surface area (Å²) in [5.74, 6) is -1.28. The summed E-state index contributed by atoms with van der Waals surface area (Å²) in [7, 11) is 0. The van der Waals surface area contributed by atoms with Crippen LogP contribution in [0.1, 0.15) is 16.9 Å². The van der Waals surface area contributed by atoms with Crippen molar-refractivity contribution < 1.29 is 14.7 Å². The van der Waals surface area contributed by atoms with Crippen molar-refractivity contribution in [2.75, 3.05) is 11.4 Å². The number of carboxylic acids is 1. The number of rotatable bonds is 2. The predicted octanol–water partition coefficient (Wildman–Crippen LogP) is 1.58. The number of pyridine rings is 1. The molecule has 1 aliphatic rings. The average molecular weight is 317 g/mol. The Morgan fingerprint density at radius 3 is 2.88 bits per heavy atom. The molecule has 2 rings (SSSR count). The van der Waals surface area contributed by atoms with E-state index < -0.39 is 5.97 Å². The van der Waals surface area contributed by atoms with Crippen molar-refractivity contribution >= 4 is 46.1 Å². The van der Waals surface area contributed by atoms with Gasteiger partial charge in [0.1, 0.15) is 0 Å². The van der Waals surface area contributed by atoms with Gasteiger partial charge >= 0.3 is 5.97 Å². The van der Waals surface area contributed by atoms with Gasteiger partial charge in [-0.25, -0.2) is 9.78 Å². The average Bonchev–Trinajstić information content (AvgIpc) is 2.57. The molecule has 2 heterocycles. The van der Waals surface area contributed by atoms with Gasteiger partial charge in [-0.3, -0.25) is 4.79 Å². The van der Waals surface area contributed by atoms with Gasteiger partial charge in [0.2, 0.25) is 5.91 Å². The highest BCUT2D eigenvalue weighted by molar-refractivity contribution is 9.10. The van der Waals surface area contributed by atoms with E-state index in [2.05, 4.69) is 33.5 Å². The molecule has 0 aromatic carbocycles. The Bertz CT molecular complexity index is 494. The standard InChI is InChI=1S/C10H9BrN2O3S/c11-5-1-7(9(10(15)16)12-3-5)13-4-6(17)2-8(13)14/h1,3,6,17H,2,4H2,(H,15,16). The van der Waals surface area contributed by atoms with Gasteiger partial charge in [0.15, 0.2) is 5.69 Å². The third kappa shape index (κ3) is 2.44. The molecule has 0 bridgehead atoms. The molecule has 1 aromatic heterocycles. The summed E-state index contributed by atoms with van der Waals surface area (Å²) in [5, 5.41) is 8.97. The summed E-state index contributed by atoms with van der Waals surface area (Å²) in [6, 6.07) is 1.58. The Kier molecular flexibility index (Phi) is 3.39. The van der Waals surface area contributed by atoms with Crippen LogP contribution in [-0.4, -0.2) is 33.8 Å². The van der Waals surface area contributed by atoms with Crippen LogP contribution in [0, 0.1) is 0 Å². The molecule has 17 heavy (non-hydrogen) atoms. The molecule has 0 aliphatic carbocycles. The van der Waals surface area contributed by atoms with Gasteiger partial charge in [0, 0.05) is 28.9 Å². The number of amides is 1. The Hall–Kier alpha value is -1.08. The Balaban J connectivity index is 2.46. The van der Waals surface area contributed by atoms with Gasteiger partial charge in [-0.1, -0.05) is 0 Å². The molecule has 5 nitrogen and oxygen atoms in total. The van der Waals surface area contributed by atoms with Gasteiger partial charge < -0.3 is 10.0 Å². The summed E-state index contributed by atoms with van der Waals surface area (Å²) in [6.45, 7) is 0.403. The van der Waals surface area contributed by atoms with Gasteiger partial charge in [-0.2, -0.15) is 12.6 Å². The van der Waals surface area contributed by atoms with Crippen molar-refractivity contribution in [2.45, 2.75) is 11.7 Å². The van der Waals surface area contributed by atoms with Gasteiger partial charge in [0.25, 0.3) is 0 Å². The molecule has 0 saturated carbocycles. The van der Waals surface area contributed by atoms with Crippen molar-refractivity contribution in [3.8, 4) is 0 Å². The fraction of sp³-hybridized carbons (Fsp3) is 0.300. The molecule has 1 N–H and O–H groups in total. The van der Waals surface area contributed by atoms with E-state index in [4.69, 9.17) is 5.11 Å². The monoisotopic (exact) mass is 316 g/mol. The first-order valence-electron chi connectivity index (χ1n) is 4.86. The highest BCUT2D eigenvalue weighted by atomic mass is 79.9. The first-order chi connectivity index (χ1) is 7.99. The van der Waals surface area contributed by atoms with E-state index in [1.807, 2.05) is 0 Å². The van der Waals surface area contributed by atoms with E-state index in [0.717, 1.165) is 0 Å². The fourth-order valence-electron chi connectivity index (χ4n) is 1.72. The van der Waals surface area contributed by atoms with E-state index in [1.54, 1.807) is 6.07 Å². The van der Waals surface area contributed by atoms with Crippen molar-refractivity contribution in [3.63, 3.8) is 0 Å². The molecular weight excluding hydrogens is 308 g/mol. The maximum absolute atomic E-state index is 11.7. The molecule has 1 aromatic rings. The lowest BCUT2D eigenvalue weighted by Crippen LogP contribution is -2.27. The van der Waals surface area contributed by atoms with Crippen LogP contribution in [0.2, 0.25) is 0 Å². The number of hydrogen-bond donors (Lipinski definition) is 2. The van der Waals surface area contributed by atoms with Crippen LogP contribution >= 0.6 is 28.6 Å². The first-order valence-corrected chi connectivity index (χ1v) is 6.17. The Morgan fingerprint density at radius 2 is 2.35 bits per heavy atom. The summed E-state index contributed by atoms with van der Waals surface area (Å²) in [6.07, 6.45) is 1.71. The minimum Gasteiger partial charge on any atom is -0.476 e. The molecule has 1 unspecified atom stereocenters. The summed E-state index contributed by atoms with van der Waals surface area (Å²) >= 11 is 7.45. The molecule has 1 saturated heterocycles. The van der Waals surface area contributed by atoms with E-state index in [-0.39, 0.29) is 16.9 Å². The van der Waals surface area contributed by atoms with Gasteiger partial charge in [0.05, 0.1) is 5.69 Å². The van der Waals surface area contributed by atoms with E-state index in [9.17, 15) is 9.59 Å². The largest absolute Gasteiger partial charge is 0.476 e. The molecule has 1 fully saturated rings. The third-order valence-electron chi connectivity index (χ3n) is 2.43. The number of nitrogens with zero attached hydrogens (tertiary/aromatic N) is 2. The zero-order chi connectivity index (χ0) is 12.6. The molecule has 1 aliphatic heterocycles. The minimum atomic E-state index is -1.15. The van der Waals surface area contributed by atoms with Crippen LogP contribution in [0.4, 0.5) is 5.69 Å². The number of aromatic nitrogens is 1. The molecule has 90 valence electrons. The molecule has 0 spiro atoms. The fourth-order valence-corrected chi connectivity index (χ4v) is 2.36. The second-order valence-corrected chi connectivity index (χ2v) is 5.33. The van der Waals surface area contributed by atoms with Crippen molar-refractivity contribution in [3.05, 3.63) is 22.4 Å². The van der Waals surface area contributed by atoms with Crippen LogP contribution in [0.15, 0.2) is 16.7 Å². The van der Waals surface area contributed by atoms with E-state index >= 15 is 0 Å². The highest BCUT2D eigenvalue weighted by Crippen LogP contribution is 2.28. The summed E-state index contributed by atoms with van der Waals surface area (Å²) < 4.78 is 0.632. The summed E-state index contributed by atoms with van der Waals surface area (Å²) in [4.78, 5) is 28.0. The smallest absolute Gasteiger partial charge is 0.356 e. The molecule has 1 atom stereocenters. The number of aromatic carboxylic acids is 1. The number of carbonyl (C=O) groups is 2.